The summed E-state index contributed by atoms with van der Waals surface area (Å²) in [5.41, 5.74) is 0. The molecule has 0 aromatic carbocycles. The van der Waals surface area contributed by atoms with Gasteiger partial charge in [-0.15, -0.1) is 0 Å². The van der Waals surface area contributed by atoms with E-state index in [9.17, 15) is 43.2 Å². The Labute approximate surface area is 517 Å². The minimum atomic E-state index is -4.95. The number of hydrogen-bond acceptors (Lipinski definition) is 15. The molecule has 0 saturated carbocycles. The topological polar surface area (TPSA) is 237 Å². The molecule has 19 heteroatoms. The molecule has 4 unspecified atom stereocenters. The van der Waals surface area contributed by atoms with Gasteiger partial charge in [0.25, 0.3) is 0 Å². The van der Waals surface area contributed by atoms with E-state index in [2.05, 4.69) is 48.5 Å². The number of aliphatic hydroxyl groups is 1. The molecule has 0 aliphatic carbocycles. The fourth-order valence-corrected chi connectivity index (χ4v) is 11.3. The first-order valence-corrected chi connectivity index (χ1v) is 37.4. The van der Waals surface area contributed by atoms with Crippen LogP contribution in [0.15, 0.2) is 0 Å². The van der Waals surface area contributed by atoms with Crippen molar-refractivity contribution in [3.63, 3.8) is 0 Å². The lowest BCUT2D eigenvalue weighted by Gasteiger charge is -2.21. The van der Waals surface area contributed by atoms with Gasteiger partial charge in [-0.3, -0.25) is 37.3 Å². The van der Waals surface area contributed by atoms with E-state index in [-0.39, 0.29) is 25.7 Å². The first-order chi connectivity index (χ1) is 40.8. The van der Waals surface area contributed by atoms with Gasteiger partial charge < -0.3 is 33.8 Å². The van der Waals surface area contributed by atoms with E-state index in [1.807, 2.05) is 0 Å². The highest BCUT2D eigenvalue weighted by atomic mass is 31.2. The maximum Gasteiger partial charge on any atom is 0.472 e. The van der Waals surface area contributed by atoms with Crippen molar-refractivity contribution >= 4 is 39.5 Å². The number of rotatable bonds is 64. The van der Waals surface area contributed by atoms with Crippen LogP contribution in [-0.2, 0) is 65.4 Å². The molecule has 85 heavy (non-hydrogen) atoms. The average molecular weight is 1260 g/mol. The third kappa shape index (κ3) is 58.2. The van der Waals surface area contributed by atoms with Gasteiger partial charge in [0, 0.05) is 25.7 Å². The van der Waals surface area contributed by atoms with Crippen LogP contribution in [0.1, 0.15) is 325 Å². The summed E-state index contributed by atoms with van der Waals surface area (Å²) in [6.45, 7) is 11.7. The van der Waals surface area contributed by atoms with Crippen molar-refractivity contribution in [2.45, 2.75) is 343 Å². The van der Waals surface area contributed by atoms with Crippen LogP contribution < -0.4 is 0 Å². The van der Waals surface area contributed by atoms with E-state index < -0.39 is 97.5 Å². The molecule has 0 aliphatic heterocycles. The Bertz CT molecular complexity index is 1690. The van der Waals surface area contributed by atoms with Crippen LogP contribution in [0.4, 0.5) is 0 Å². The van der Waals surface area contributed by atoms with E-state index in [1.54, 1.807) is 0 Å². The van der Waals surface area contributed by atoms with E-state index in [0.717, 1.165) is 108 Å². The Hall–Kier alpha value is -1.94. The number of ether oxygens (including phenoxy) is 4. The molecular formula is C66H128O17P2. The van der Waals surface area contributed by atoms with Gasteiger partial charge in [0.05, 0.1) is 26.4 Å². The van der Waals surface area contributed by atoms with E-state index >= 15 is 0 Å². The summed E-state index contributed by atoms with van der Waals surface area (Å²) in [5, 5.41) is 10.5. The fraction of sp³-hybridized carbons (Fsp3) is 0.939. The first-order valence-electron chi connectivity index (χ1n) is 34.4. The van der Waals surface area contributed by atoms with Crippen LogP contribution in [0, 0.1) is 17.8 Å². The number of aliphatic hydroxyl groups excluding tert-OH is 1. The molecule has 17 nitrogen and oxygen atoms in total. The van der Waals surface area contributed by atoms with Gasteiger partial charge in [-0.25, -0.2) is 9.13 Å². The monoisotopic (exact) mass is 1250 g/mol. The molecular weight excluding hydrogens is 1130 g/mol. The summed E-state index contributed by atoms with van der Waals surface area (Å²) in [6.07, 6.45) is 39.0. The summed E-state index contributed by atoms with van der Waals surface area (Å²) in [7, 11) is -9.89. The van der Waals surface area contributed by atoms with Crippen molar-refractivity contribution in [1.29, 1.82) is 0 Å². The van der Waals surface area contributed by atoms with E-state index in [1.165, 1.54) is 128 Å². The van der Waals surface area contributed by atoms with Crippen LogP contribution in [0.5, 0.6) is 0 Å². The lowest BCUT2D eigenvalue weighted by atomic mass is 9.99. The molecule has 504 valence electrons. The van der Waals surface area contributed by atoms with Crippen LogP contribution in [0.2, 0.25) is 0 Å². The van der Waals surface area contributed by atoms with Gasteiger partial charge in [0.15, 0.2) is 12.2 Å². The highest BCUT2D eigenvalue weighted by Gasteiger charge is 2.30. The van der Waals surface area contributed by atoms with Crippen molar-refractivity contribution < 1.29 is 80.2 Å². The molecule has 0 amide bonds. The van der Waals surface area contributed by atoms with Crippen molar-refractivity contribution in [3.8, 4) is 0 Å². The number of carbonyl (C=O) groups excluding carboxylic acids is 4. The van der Waals surface area contributed by atoms with Gasteiger partial charge in [0.2, 0.25) is 0 Å². The number of hydrogen-bond donors (Lipinski definition) is 3. The summed E-state index contributed by atoms with van der Waals surface area (Å²) in [5.74, 6) is 0.0412. The number of phosphoric ester groups is 2. The maximum atomic E-state index is 13.0. The molecule has 3 N–H and O–H groups in total. The lowest BCUT2D eigenvalue weighted by Crippen LogP contribution is -2.30. The smallest absolute Gasteiger partial charge is 0.462 e. The zero-order valence-corrected chi connectivity index (χ0v) is 56.9. The van der Waals surface area contributed by atoms with Crippen molar-refractivity contribution in [2.75, 3.05) is 39.6 Å². The highest BCUT2D eigenvalue weighted by molar-refractivity contribution is 7.47. The second-order valence-electron chi connectivity index (χ2n) is 24.8. The van der Waals surface area contributed by atoms with Crippen LogP contribution in [0.3, 0.4) is 0 Å². The summed E-state index contributed by atoms with van der Waals surface area (Å²) < 4.78 is 68.1. The van der Waals surface area contributed by atoms with Crippen molar-refractivity contribution in [2.24, 2.45) is 17.8 Å². The Morgan fingerprint density at radius 3 is 0.894 bits per heavy atom. The molecule has 7 atom stereocenters. The second-order valence-corrected chi connectivity index (χ2v) is 27.7. The number of unbranched alkanes of at least 4 members (excludes halogenated alkanes) is 30. The summed E-state index contributed by atoms with van der Waals surface area (Å²) in [4.78, 5) is 72.3. The second kappa shape index (κ2) is 57.2. The minimum absolute atomic E-state index is 0.102. The van der Waals surface area contributed by atoms with Gasteiger partial charge in [-0.05, 0) is 43.4 Å². The third-order valence-electron chi connectivity index (χ3n) is 15.9. The summed E-state index contributed by atoms with van der Waals surface area (Å²) in [6, 6.07) is 0. The molecule has 0 bridgehead atoms. The lowest BCUT2D eigenvalue weighted by molar-refractivity contribution is -0.161. The van der Waals surface area contributed by atoms with E-state index in [4.69, 9.17) is 37.0 Å². The van der Waals surface area contributed by atoms with Crippen molar-refractivity contribution in [1.82, 2.24) is 0 Å². The number of phosphoric acid groups is 2. The van der Waals surface area contributed by atoms with Crippen LogP contribution in [0.25, 0.3) is 0 Å². The Balaban J connectivity index is 5.25. The first kappa shape index (κ1) is 83.1. The van der Waals surface area contributed by atoms with Gasteiger partial charge in [-0.1, -0.05) is 273 Å². The molecule has 0 aliphatic rings. The number of carbonyl (C=O) groups is 4. The molecule has 0 radical (unpaired) electrons. The molecule has 0 fully saturated rings. The normalized spacial score (nSPS) is 15.0. The minimum Gasteiger partial charge on any atom is -0.462 e. The van der Waals surface area contributed by atoms with Gasteiger partial charge in [0.1, 0.15) is 19.3 Å². The standard InChI is InChI=1S/C66H128O17P2/c1-8-11-12-13-14-15-16-17-18-19-20-25-35-42-49-65(70)82-61(53-76-63(68)47-40-33-24-22-21-23-31-38-45-58(6)9-2)55-80-84(72,73)78-51-60(67)52-79-85(74,75)81-56-62(54-77-64(69)48-41-34-28-26-30-37-44-57(4)5)83-66(71)50-43-36-29-27-32-39-46-59(7)10-3/h57-62,67H,8-56H2,1-7H3,(H,72,73)(H,74,75)/t58?,59?,60-,61-,62-/m1/s1. The fourth-order valence-electron chi connectivity index (χ4n) is 9.77. The zero-order valence-electron chi connectivity index (χ0n) is 55.1. The van der Waals surface area contributed by atoms with Gasteiger partial charge >= 0.3 is 39.5 Å². The Morgan fingerprint density at radius 1 is 0.341 bits per heavy atom. The average Bonchev–Trinajstić information content (AvgIpc) is 3.48. The molecule has 0 heterocycles. The third-order valence-corrected chi connectivity index (χ3v) is 17.8. The van der Waals surface area contributed by atoms with Crippen LogP contribution >= 0.6 is 15.6 Å². The Kier molecular flexibility index (Phi) is 55.9. The predicted octanol–water partition coefficient (Wildman–Crippen LogP) is 18.3. The maximum absolute atomic E-state index is 13.0. The quantitative estimate of drug-likeness (QED) is 0.0222. The van der Waals surface area contributed by atoms with Crippen LogP contribution in [-0.4, -0.2) is 96.7 Å². The molecule has 0 aromatic heterocycles. The highest BCUT2D eigenvalue weighted by Crippen LogP contribution is 2.45. The predicted molar refractivity (Wildman–Crippen MR) is 340 cm³/mol. The molecule has 0 rings (SSSR count). The molecule has 0 aromatic rings. The zero-order chi connectivity index (χ0) is 63.1. The van der Waals surface area contributed by atoms with Gasteiger partial charge in [-0.2, -0.15) is 0 Å². The molecule has 0 saturated heterocycles. The Morgan fingerprint density at radius 2 is 0.600 bits per heavy atom. The SMILES string of the molecule is CCCCCCCCCCCCCCCCC(=O)O[C@H](COC(=O)CCCCCCCCCCC(C)CC)COP(=O)(O)OC[C@@H](O)COP(=O)(O)OC[C@@H](COC(=O)CCCCCCCCC(C)C)OC(=O)CCCCCCCCC(C)CC. The summed E-state index contributed by atoms with van der Waals surface area (Å²) >= 11 is 0. The van der Waals surface area contributed by atoms with E-state index in [0.29, 0.717) is 31.6 Å². The number of esters is 4. The largest absolute Gasteiger partial charge is 0.472 e. The molecule has 0 spiro atoms. The van der Waals surface area contributed by atoms with Crippen molar-refractivity contribution in [3.05, 3.63) is 0 Å².